The van der Waals surface area contributed by atoms with Crippen LogP contribution in [0.1, 0.15) is 18.4 Å². The zero-order valence-corrected chi connectivity index (χ0v) is 11.8. The minimum Gasteiger partial charge on any atom is -0.490 e. The predicted molar refractivity (Wildman–Crippen MR) is 76.9 cm³/mol. The second-order valence-electron chi connectivity index (χ2n) is 5.38. The minimum absolute atomic E-state index is 0.202. The van der Waals surface area contributed by atoms with Gasteiger partial charge < -0.3 is 20.5 Å². The van der Waals surface area contributed by atoms with Gasteiger partial charge in [-0.25, -0.2) is 0 Å². The lowest BCUT2D eigenvalue weighted by molar-refractivity contribution is -0.138. The molecule has 20 heavy (non-hydrogen) atoms. The van der Waals surface area contributed by atoms with E-state index in [4.69, 9.17) is 15.6 Å². The number of hydrogen-bond acceptors (Lipinski definition) is 4. The summed E-state index contributed by atoms with van der Waals surface area (Å²) in [6.45, 7) is 2.06. The van der Waals surface area contributed by atoms with Crippen molar-refractivity contribution in [1.29, 1.82) is 0 Å². The highest BCUT2D eigenvalue weighted by molar-refractivity contribution is 5.73. The van der Waals surface area contributed by atoms with Gasteiger partial charge in [0.1, 0.15) is 17.9 Å². The summed E-state index contributed by atoms with van der Waals surface area (Å²) in [5, 5.41) is 8.91. The number of hydrogen-bond donors (Lipinski definition) is 2. The van der Waals surface area contributed by atoms with Gasteiger partial charge in [0.05, 0.1) is 0 Å². The van der Waals surface area contributed by atoms with E-state index in [1.807, 2.05) is 24.3 Å². The zero-order chi connectivity index (χ0) is 14.5. The van der Waals surface area contributed by atoms with Gasteiger partial charge in [0.2, 0.25) is 0 Å². The zero-order valence-electron chi connectivity index (χ0n) is 11.8. The van der Waals surface area contributed by atoms with Crippen molar-refractivity contribution in [2.45, 2.75) is 31.4 Å². The number of para-hydroxylation sites is 1. The van der Waals surface area contributed by atoms with Crippen LogP contribution in [-0.2, 0) is 11.2 Å². The highest BCUT2D eigenvalue weighted by Crippen LogP contribution is 2.23. The molecule has 0 aromatic heterocycles. The summed E-state index contributed by atoms with van der Waals surface area (Å²) in [6.07, 6.45) is 2.48. The third-order valence-electron chi connectivity index (χ3n) is 3.69. The first-order chi connectivity index (χ1) is 9.56. The lowest BCUT2D eigenvalue weighted by Crippen LogP contribution is -2.36. The largest absolute Gasteiger partial charge is 0.490 e. The first-order valence-corrected chi connectivity index (χ1v) is 6.97. The summed E-state index contributed by atoms with van der Waals surface area (Å²) in [5.41, 5.74) is 6.47. The smallest absolute Gasteiger partial charge is 0.320 e. The van der Waals surface area contributed by atoms with E-state index >= 15 is 0 Å². The Balaban J connectivity index is 2.02. The Bertz CT molecular complexity index is 456. The lowest BCUT2D eigenvalue weighted by Gasteiger charge is -2.30. The number of aliphatic carboxylic acids is 1. The van der Waals surface area contributed by atoms with Gasteiger partial charge in [-0.1, -0.05) is 18.2 Å². The molecular formula is C15H22N2O3. The second-order valence-corrected chi connectivity index (χ2v) is 5.38. The van der Waals surface area contributed by atoms with E-state index in [1.165, 1.54) is 0 Å². The number of benzene rings is 1. The Morgan fingerprint density at radius 2 is 2.10 bits per heavy atom. The lowest BCUT2D eigenvalue weighted by atomic mass is 10.0. The first-order valence-electron chi connectivity index (χ1n) is 6.97. The molecule has 0 radical (unpaired) electrons. The van der Waals surface area contributed by atoms with Crippen molar-refractivity contribution in [3.05, 3.63) is 29.8 Å². The number of nitrogens with zero attached hydrogens (tertiary/aromatic N) is 1. The van der Waals surface area contributed by atoms with E-state index in [9.17, 15) is 4.79 Å². The molecule has 3 N–H and O–H groups in total. The Morgan fingerprint density at radius 3 is 2.75 bits per heavy atom. The van der Waals surface area contributed by atoms with Crippen LogP contribution in [0.15, 0.2) is 24.3 Å². The molecule has 1 unspecified atom stereocenters. The third-order valence-corrected chi connectivity index (χ3v) is 3.69. The maximum atomic E-state index is 10.9. The Hall–Kier alpha value is -1.59. The Morgan fingerprint density at radius 1 is 1.45 bits per heavy atom. The van der Waals surface area contributed by atoms with Crippen molar-refractivity contribution in [3.8, 4) is 5.75 Å². The quantitative estimate of drug-likeness (QED) is 0.844. The molecule has 0 bridgehead atoms. The van der Waals surface area contributed by atoms with Gasteiger partial charge in [-0.15, -0.1) is 0 Å². The van der Waals surface area contributed by atoms with Crippen molar-refractivity contribution in [1.82, 2.24) is 4.90 Å². The highest BCUT2D eigenvalue weighted by atomic mass is 16.5. The molecule has 1 aromatic carbocycles. The van der Waals surface area contributed by atoms with Crippen LogP contribution >= 0.6 is 0 Å². The number of carboxylic acids is 1. The fraction of sp³-hybridized carbons (Fsp3) is 0.533. The highest BCUT2D eigenvalue weighted by Gasteiger charge is 2.20. The summed E-state index contributed by atoms with van der Waals surface area (Å²) in [4.78, 5) is 13.2. The summed E-state index contributed by atoms with van der Waals surface area (Å²) >= 11 is 0. The predicted octanol–water partition coefficient (Wildman–Crippen LogP) is 1.11. The molecule has 0 saturated carbocycles. The third kappa shape index (κ3) is 3.95. The number of nitrogens with two attached hydrogens (primary N) is 1. The number of rotatable bonds is 5. The molecule has 5 heteroatoms. The molecule has 1 heterocycles. The SMILES string of the molecule is CN1CCC(Oc2ccccc2CC(N)C(=O)O)CC1. The maximum absolute atomic E-state index is 10.9. The van der Waals surface area contributed by atoms with E-state index in [2.05, 4.69) is 11.9 Å². The fourth-order valence-electron chi connectivity index (χ4n) is 2.39. The van der Waals surface area contributed by atoms with E-state index < -0.39 is 12.0 Å². The second kappa shape index (κ2) is 6.72. The average molecular weight is 278 g/mol. The van der Waals surface area contributed by atoms with E-state index in [1.54, 1.807) is 0 Å². The van der Waals surface area contributed by atoms with Gasteiger partial charge in [-0.05, 0) is 31.5 Å². The van der Waals surface area contributed by atoms with Gasteiger partial charge in [-0.3, -0.25) is 4.79 Å². The topological polar surface area (TPSA) is 75.8 Å². The van der Waals surface area contributed by atoms with E-state index in [-0.39, 0.29) is 12.5 Å². The van der Waals surface area contributed by atoms with Crippen molar-refractivity contribution in [2.75, 3.05) is 20.1 Å². The number of carbonyl (C=O) groups is 1. The molecule has 1 saturated heterocycles. The van der Waals surface area contributed by atoms with Crippen LogP contribution in [0, 0.1) is 0 Å². The molecule has 0 aliphatic carbocycles. The standard InChI is InChI=1S/C15H22N2O3/c1-17-8-6-12(7-9-17)20-14-5-3-2-4-11(14)10-13(16)15(18)19/h2-5,12-13H,6-10,16H2,1H3,(H,18,19). The van der Waals surface area contributed by atoms with Gasteiger partial charge in [0, 0.05) is 19.5 Å². The Kier molecular flexibility index (Phi) is 4.98. The number of ether oxygens (including phenoxy) is 1. The summed E-state index contributed by atoms with van der Waals surface area (Å²) < 4.78 is 6.04. The van der Waals surface area contributed by atoms with Crippen LogP contribution in [0.2, 0.25) is 0 Å². The summed E-state index contributed by atoms with van der Waals surface area (Å²) in [6, 6.07) is 6.66. The summed E-state index contributed by atoms with van der Waals surface area (Å²) in [5.74, 6) is -0.224. The van der Waals surface area contributed by atoms with Crippen LogP contribution < -0.4 is 10.5 Å². The van der Waals surface area contributed by atoms with Crippen LogP contribution in [-0.4, -0.2) is 48.3 Å². The normalized spacial score (nSPS) is 18.7. The number of piperidine rings is 1. The van der Waals surface area contributed by atoms with Crippen LogP contribution in [0.3, 0.4) is 0 Å². The maximum Gasteiger partial charge on any atom is 0.320 e. The minimum atomic E-state index is -0.987. The monoisotopic (exact) mass is 278 g/mol. The number of carboxylic acid groups (broad SMARTS) is 1. The number of likely N-dealkylation sites (tertiary alicyclic amines) is 1. The molecule has 0 spiro atoms. The van der Waals surface area contributed by atoms with Crippen LogP contribution in [0.4, 0.5) is 0 Å². The molecule has 1 atom stereocenters. The van der Waals surface area contributed by atoms with Gasteiger partial charge >= 0.3 is 5.97 Å². The average Bonchev–Trinajstić information content (AvgIpc) is 2.43. The van der Waals surface area contributed by atoms with Crippen LogP contribution in [0.5, 0.6) is 5.75 Å². The molecule has 5 nitrogen and oxygen atoms in total. The molecular weight excluding hydrogens is 256 g/mol. The molecule has 2 rings (SSSR count). The van der Waals surface area contributed by atoms with E-state index in [0.717, 1.165) is 37.2 Å². The molecule has 1 aromatic rings. The van der Waals surface area contributed by atoms with Gasteiger partial charge in [0.25, 0.3) is 0 Å². The van der Waals surface area contributed by atoms with Crippen LogP contribution in [0.25, 0.3) is 0 Å². The van der Waals surface area contributed by atoms with Crippen molar-refractivity contribution < 1.29 is 14.6 Å². The van der Waals surface area contributed by atoms with Crippen molar-refractivity contribution in [3.63, 3.8) is 0 Å². The molecule has 1 fully saturated rings. The van der Waals surface area contributed by atoms with Crippen molar-refractivity contribution in [2.24, 2.45) is 5.73 Å². The van der Waals surface area contributed by atoms with Gasteiger partial charge in [-0.2, -0.15) is 0 Å². The molecule has 0 amide bonds. The fourth-order valence-corrected chi connectivity index (χ4v) is 2.39. The first kappa shape index (κ1) is 14.8. The van der Waals surface area contributed by atoms with Crippen molar-refractivity contribution >= 4 is 5.97 Å². The molecule has 1 aliphatic rings. The summed E-state index contributed by atoms with van der Waals surface area (Å²) in [7, 11) is 2.11. The Labute approximate surface area is 119 Å². The molecule has 1 aliphatic heterocycles. The molecule has 110 valence electrons. The van der Waals surface area contributed by atoms with E-state index in [0.29, 0.717) is 0 Å². The van der Waals surface area contributed by atoms with Gasteiger partial charge in [0.15, 0.2) is 0 Å².